The van der Waals surface area contributed by atoms with Crippen molar-refractivity contribution in [2.75, 3.05) is 6.54 Å². The summed E-state index contributed by atoms with van der Waals surface area (Å²) in [5.74, 6) is -1.14. The molecule has 0 aliphatic heterocycles. The van der Waals surface area contributed by atoms with Crippen molar-refractivity contribution in [2.24, 2.45) is 0 Å². The van der Waals surface area contributed by atoms with E-state index < -0.39 is 43.3 Å². The molecule has 0 aliphatic carbocycles. The number of furan rings is 1. The first-order chi connectivity index (χ1) is 13.6. The molecule has 0 saturated carbocycles. The molecule has 0 fully saturated rings. The van der Waals surface area contributed by atoms with E-state index in [4.69, 9.17) is 4.42 Å². The molecule has 0 spiro atoms. The van der Waals surface area contributed by atoms with Gasteiger partial charge >= 0.3 is 0 Å². The van der Waals surface area contributed by atoms with Gasteiger partial charge in [0.1, 0.15) is 22.6 Å². The molecule has 3 aromatic rings. The third kappa shape index (κ3) is 4.55. The zero-order chi connectivity index (χ0) is 21.2. The number of hydrogen-bond donors (Lipinski definition) is 1. The molecule has 10 heteroatoms. The zero-order valence-corrected chi connectivity index (χ0v) is 16.8. The van der Waals surface area contributed by atoms with Crippen LogP contribution in [0, 0.1) is 18.6 Å². The molecular formula is C19H17F2NO5S2. The molecule has 0 saturated heterocycles. The molecule has 0 bridgehead atoms. The maximum absolute atomic E-state index is 13.4. The largest absolute Gasteiger partial charge is 0.468 e. The molecule has 29 heavy (non-hydrogen) atoms. The lowest BCUT2D eigenvalue weighted by molar-refractivity contribution is 0.486. The number of sulfonamides is 1. The standard InChI is InChI=1S/C19H17F2NO5S2/c1-13-11-16(8-9-17(13)21)29(25,26)22-12-19(18-3-2-10-27-18)28(23,24)15-6-4-14(20)5-7-15/h2-11,19,22H,12H2,1H3/t19-/m1/s1. The number of benzene rings is 2. The van der Waals surface area contributed by atoms with Crippen molar-refractivity contribution in [1.82, 2.24) is 4.72 Å². The Balaban J connectivity index is 1.93. The van der Waals surface area contributed by atoms with Gasteiger partial charge in [-0.05, 0) is 67.1 Å². The van der Waals surface area contributed by atoms with Crippen LogP contribution in [0.25, 0.3) is 0 Å². The molecule has 1 N–H and O–H groups in total. The van der Waals surface area contributed by atoms with Crippen LogP contribution in [0.4, 0.5) is 8.78 Å². The first-order valence-electron chi connectivity index (χ1n) is 8.40. The summed E-state index contributed by atoms with van der Waals surface area (Å²) in [6, 6.07) is 10.3. The highest BCUT2D eigenvalue weighted by Gasteiger charge is 2.33. The van der Waals surface area contributed by atoms with E-state index in [9.17, 15) is 25.6 Å². The van der Waals surface area contributed by atoms with E-state index in [1.165, 1.54) is 25.3 Å². The number of sulfone groups is 1. The number of aryl methyl sites for hydroxylation is 1. The summed E-state index contributed by atoms with van der Waals surface area (Å²) in [7, 11) is -8.23. The Bertz CT molecular complexity index is 1210. The molecule has 0 radical (unpaired) electrons. The Kier molecular flexibility index (Phi) is 5.87. The van der Waals surface area contributed by atoms with Crippen molar-refractivity contribution >= 4 is 19.9 Å². The fraction of sp³-hybridized carbons (Fsp3) is 0.158. The Labute approximate surface area is 167 Å². The van der Waals surface area contributed by atoms with E-state index in [0.717, 1.165) is 42.5 Å². The maximum Gasteiger partial charge on any atom is 0.240 e. The Hall–Kier alpha value is -2.56. The van der Waals surface area contributed by atoms with Crippen molar-refractivity contribution in [3.05, 3.63) is 83.8 Å². The Morgan fingerprint density at radius 1 is 0.966 bits per heavy atom. The third-order valence-corrected chi connectivity index (χ3v) is 7.77. The fourth-order valence-corrected chi connectivity index (χ4v) is 5.50. The van der Waals surface area contributed by atoms with Crippen LogP contribution >= 0.6 is 0 Å². The van der Waals surface area contributed by atoms with Gasteiger partial charge in [0.05, 0.1) is 16.1 Å². The van der Waals surface area contributed by atoms with Crippen molar-refractivity contribution in [2.45, 2.75) is 22.0 Å². The van der Waals surface area contributed by atoms with E-state index in [0.29, 0.717) is 0 Å². The van der Waals surface area contributed by atoms with Crippen LogP contribution in [0.3, 0.4) is 0 Å². The first-order valence-corrected chi connectivity index (χ1v) is 11.4. The van der Waals surface area contributed by atoms with Gasteiger partial charge in [0.25, 0.3) is 0 Å². The van der Waals surface area contributed by atoms with Crippen molar-refractivity contribution < 1.29 is 30.0 Å². The first kappa shape index (κ1) is 21.2. The lowest BCUT2D eigenvalue weighted by Gasteiger charge is -2.17. The lowest BCUT2D eigenvalue weighted by Crippen LogP contribution is -2.32. The number of hydrogen-bond acceptors (Lipinski definition) is 5. The van der Waals surface area contributed by atoms with Gasteiger partial charge in [0.15, 0.2) is 9.84 Å². The predicted molar refractivity (Wildman–Crippen MR) is 101 cm³/mol. The molecule has 1 heterocycles. The van der Waals surface area contributed by atoms with Gasteiger partial charge in [-0.3, -0.25) is 0 Å². The maximum atomic E-state index is 13.4. The van der Waals surface area contributed by atoms with E-state index in [2.05, 4.69) is 4.72 Å². The minimum Gasteiger partial charge on any atom is -0.468 e. The van der Waals surface area contributed by atoms with Crippen molar-refractivity contribution in [3.8, 4) is 0 Å². The van der Waals surface area contributed by atoms with Gasteiger partial charge in [0.2, 0.25) is 10.0 Å². The summed E-state index contributed by atoms with van der Waals surface area (Å²) in [6.07, 6.45) is 1.26. The quantitative estimate of drug-likeness (QED) is 0.568. The summed E-state index contributed by atoms with van der Waals surface area (Å²) >= 11 is 0. The highest BCUT2D eigenvalue weighted by atomic mass is 32.2. The zero-order valence-electron chi connectivity index (χ0n) is 15.2. The summed E-state index contributed by atoms with van der Waals surface area (Å²) in [5, 5.41) is -1.39. The third-order valence-electron chi connectivity index (χ3n) is 4.28. The van der Waals surface area contributed by atoms with Gasteiger partial charge in [-0.25, -0.2) is 30.3 Å². The monoisotopic (exact) mass is 441 g/mol. The van der Waals surface area contributed by atoms with Crippen LogP contribution < -0.4 is 4.72 Å². The van der Waals surface area contributed by atoms with Crippen LogP contribution in [0.2, 0.25) is 0 Å². The highest BCUT2D eigenvalue weighted by Crippen LogP contribution is 2.29. The van der Waals surface area contributed by atoms with E-state index in [-0.39, 0.29) is 21.1 Å². The fourth-order valence-electron chi connectivity index (χ4n) is 2.68. The van der Waals surface area contributed by atoms with E-state index in [1.54, 1.807) is 0 Å². The van der Waals surface area contributed by atoms with Crippen LogP contribution in [0.5, 0.6) is 0 Å². The molecule has 0 unspecified atom stereocenters. The molecule has 3 rings (SSSR count). The second-order valence-corrected chi connectivity index (χ2v) is 10.2. The molecular weight excluding hydrogens is 424 g/mol. The minimum absolute atomic E-state index is 0.0207. The molecule has 1 atom stereocenters. The minimum atomic E-state index is -4.12. The van der Waals surface area contributed by atoms with Crippen LogP contribution in [-0.2, 0) is 19.9 Å². The van der Waals surface area contributed by atoms with Gasteiger partial charge in [-0.1, -0.05) is 0 Å². The number of nitrogens with one attached hydrogen (secondary N) is 1. The van der Waals surface area contributed by atoms with Crippen molar-refractivity contribution in [1.29, 1.82) is 0 Å². The van der Waals surface area contributed by atoms with Crippen LogP contribution in [0.1, 0.15) is 16.6 Å². The summed E-state index contributed by atoms with van der Waals surface area (Å²) in [6.45, 7) is 0.880. The van der Waals surface area contributed by atoms with Gasteiger partial charge < -0.3 is 4.42 Å². The SMILES string of the molecule is Cc1cc(S(=O)(=O)NC[C@H](c2ccco2)S(=O)(=O)c2ccc(F)cc2)ccc1F. The normalized spacial score (nSPS) is 13.3. The molecule has 154 valence electrons. The predicted octanol–water partition coefficient (Wildman–Crippen LogP) is 3.36. The topological polar surface area (TPSA) is 93.4 Å². The van der Waals surface area contributed by atoms with Crippen molar-refractivity contribution in [3.63, 3.8) is 0 Å². The van der Waals surface area contributed by atoms with Gasteiger partial charge in [0, 0.05) is 6.54 Å². The smallest absolute Gasteiger partial charge is 0.240 e. The lowest BCUT2D eigenvalue weighted by atomic mass is 10.2. The van der Waals surface area contributed by atoms with Gasteiger partial charge in [-0.15, -0.1) is 0 Å². The van der Waals surface area contributed by atoms with Crippen LogP contribution in [-0.4, -0.2) is 23.4 Å². The summed E-state index contributed by atoms with van der Waals surface area (Å²) < 4.78 is 85.2. The molecule has 0 aliphatic rings. The Morgan fingerprint density at radius 2 is 1.62 bits per heavy atom. The van der Waals surface area contributed by atoms with E-state index in [1.807, 2.05) is 0 Å². The number of halogens is 2. The highest BCUT2D eigenvalue weighted by molar-refractivity contribution is 7.92. The molecule has 1 aromatic heterocycles. The average Bonchev–Trinajstić information content (AvgIpc) is 3.18. The molecule has 0 amide bonds. The Morgan fingerprint density at radius 3 is 2.21 bits per heavy atom. The average molecular weight is 441 g/mol. The summed E-state index contributed by atoms with van der Waals surface area (Å²) in [5.41, 5.74) is 0.134. The second kappa shape index (κ2) is 8.05. The molecule has 2 aromatic carbocycles. The van der Waals surface area contributed by atoms with Gasteiger partial charge in [-0.2, -0.15) is 0 Å². The van der Waals surface area contributed by atoms with E-state index >= 15 is 0 Å². The number of rotatable bonds is 7. The molecule has 6 nitrogen and oxygen atoms in total. The van der Waals surface area contributed by atoms with Crippen LogP contribution in [0.15, 0.2) is 75.1 Å². The summed E-state index contributed by atoms with van der Waals surface area (Å²) in [4.78, 5) is -0.383. The second-order valence-electron chi connectivity index (χ2n) is 6.27.